The first kappa shape index (κ1) is 39.0. The van der Waals surface area contributed by atoms with Crippen molar-refractivity contribution < 1.29 is 31.2 Å². The highest BCUT2D eigenvalue weighted by Gasteiger charge is 2.38. The van der Waals surface area contributed by atoms with Gasteiger partial charge in [0, 0.05) is 35.1 Å². The third-order valence-corrected chi connectivity index (χ3v) is 10.7. The molecule has 1 unspecified atom stereocenters. The number of carbonyl (C=O) groups is 2. The maximum absolute atomic E-state index is 14.6. The number of nitrogens with zero attached hydrogens (tertiary/aromatic N) is 2. The fourth-order valence-electron chi connectivity index (χ4n) is 5.17. The van der Waals surface area contributed by atoms with Gasteiger partial charge in [0.25, 0.3) is 10.0 Å². The lowest BCUT2D eigenvalue weighted by atomic mass is 10.0. The number of alkyl halides is 3. The zero-order valence-electron chi connectivity index (χ0n) is 27.2. The van der Waals surface area contributed by atoms with Crippen LogP contribution in [0.3, 0.4) is 0 Å². The van der Waals surface area contributed by atoms with Crippen LogP contribution in [-0.2, 0) is 38.8 Å². The first-order chi connectivity index (χ1) is 23.6. The number of rotatable bonds is 14. The molecule has 0 radical (unpaired) electrons. The summed E-state index contributed by atoms with van der Waals surface area (Å²) in [6.07, 6.45) is -3.46. The van der Waals surface area contributed by atoms with Crippen molar-refractivity contribution in [2.45, 2.75) is 56.8 Å². The lowest BCUT2D eigenvalue weighted by Crippen LogP contribution is -2.53. The van der Waals surface area contributed by atoms with Crippen LogP contribution in [0, 0.1) is 6.92 Å². The fourth-order valence-corrected chi connectivity index (χ4v) is 7.31. The number of benzene rings is 4. The standard InChI is InChI=1S/C36H35Cl3F3N3O4S/c1-3-4-19-43-35(47)33(20-25-9-6-5-7-10-25)44(22-28-30(37)11-8-12-31(28)38)34(46)23-45(50(48,49)27-16-13-24(2)14-17-27)26-15-18-32(39)29(21-26)36(40,41)42/h5-18,21,33H,3-4,19-20,22-23H2,1-2H3,(H,43,47). The summed E-state index contributed by atoms with van der Waals surface area (Å²) in [6.45, 7) is 2.71. The molecule has 0 heterocycles. The van der Waals surface area contributed by atoms with Gasteiger partial charge < -0.3 is 10.2 Å². The van der Waals surface area contributed by atoms with Gasteiger partial charge in [-0.05, 0) is 61.4 Å². The van der Waals surface area contributed by atoms with E-state index in [1.165, 1.54) is 29.2 Å². The maximum atomic E-state index is 14.6. The molecule has 1 N–H and O–H groups in total. The minimum absolute atomic E-state index is 0.0243. The smallest absolute Gasteiger partial charge is 0.354 e. The van der Waals surface area contributed by atoms with Gasteiger partial charge in [0.1, 0.15) is 12.6 Å². The minimum Gasteiger partial charge on any atom is -0.354 e. The van der Waals surface area contributed by atoms with Crippen LogP contribution in [0.15, 0.2) is 95.9 Å². The monoisotopic (exact) mass is 767 g/mol. The van der Waals surface area contributed by atoms with Gasteiger partial charge in [-0.25, -0.2) is 8.42 Å². The second kappa shape index (κ2) is 17.0. The van der Waals surface area contributed by atoms with Crippen molar-refractivity contribution >= 4 is 62.3 Å². The zero-order chi connectivity index (χ0) is 36.6. The number of carbonyl (C=O) groups excluding carboxylic acids is 2. The van der Waals surface area contributed by atoms with Crippen LogP contribution in [0.4, 0.5) is 18.9 Å². The van der Waals surface area contributed by atoms with Crippen LogP contribution in [0.1, 0.15) is 42.0 Å². The van der Waals surface area contributed by atoms with Crippen LogP contribution < -0.4 is 9.62 Å². The van der Waals surface area contributed by atoms with Crippen molar-refractivity contribution in [3.8, 4) is 0 Å². The predicted molar refractivity (Wildman–Crippen MR) is 191 cm³/mol. The van der Waals surface area contributed by atoms with Gasteiger partial charge in [-0.1, -0.05) is 102 Å². The van der Waals surface area contributed by atoms with Gasteiger partial charge in [0.2, 0.25) is 11.8 Å². The summed E-state index contributed by atoms with van der Waals surface area (Å²) in [7, 11) is -4.66. The van der Waals surface area contributed by atoms with Crippen LogP contribution >= 0.6 is 34.8 Å². The Bertz CT molecular complexity index is 1890. The number of sulfonamides is 1. The topological polar surface area (TPSA) is 86.8 Å². The molecular weight excluding hydrogens is 734 g/mol. The summed E-state index contributed by atoms with van der Waals surface area (Å²) in [4.78, 5) is 29.4. The van der Waals surface area contributed by atoms with Crippen LogP contribution in [-0.4, -0.2) is 44.3 Å². The maximum Gasteiger partial charge on any atom is 0.417 e. The Labute approximate surface area is 305 Å². The molecule has 0 saturated heterocycles. The Morgan fingerprint density at radius 3 is 2.10 bits per heavy atom. The Morgan fingerprint density at radius 1 is 0.860 bits per heavy atom. The Kier molecular flexibility index (Phi) is 13.2. The number of nitrogens with one attached hydrogen (secondary N) is 1. The Balaban J connectivity index is 1.88. The van der Waals surface area contributed by atoms with Gasteiger partial charge in [0.05, 0.1) is 21.2 Å². The van der Waals surface area contributed by atoms with Gasteiger partial charge in [-0.2, -0.15) is 13.2 Å². The summed E-state index contributed by atoms with van der Waals surface area (Å²) in [6, 6.07) is 20.6. The lowest BCUT2D eigenvalue weighted by Gasteiger charge is -2.34. The molecule has 0 aliphatic rings. The summed E-state index contributed by atoms with van der Waals surface area (Å²) < 4.78 is 71.0. The van der Waals surface area contributed by atoms with Crippen LogP contribution in [0.2, 0.25) is 15.1 Å². The molecule has 2 amide bonds. The van der Waals surface area contributed by atoms with E-state index in [0.29, 0.717) is 34.5 Å². The quantitative estimate of drug-likeness (QED) is 0.130. The molecule has 1 atom stereocenters. The number of aryl methyl sites for hydroxylation is 1. The molecule has 14 heteroatoms. The first-order valence-electron chi connectivity index (χ1n) is 15.6. The summed E-state index contributed by atoms with van der Waals surface area (Å²) in [5, 5.41) is 2.59. The number of hydrogen-bond acceptors (Lipinski definition) is 4. The molecule has 0 aliphatic carbocycles. The fraction of sp³-hybridized carbons (Fsp3) is 0.278. The number of amides is 2. The molecule has 0 spiro atoms. The van der Waals surface area contributed by atoms with E-state index in [-0.39, 0.29) is 27.9 Å². The Morgan fingerprint density at radius 2 is 1.50 bits per heavy atom. The highest BCUT2D eigenvalue weighted by Crippen LogP contribution is 2.38. The van der Waals surface area contributed by atoms with E-state index in [1.54, 1.807) is 55.5 Å². The van der Waals surface area contributed by atoms with E-state index in [9.17, 15) is 31.2 Å². The van der Waals surface area contributed by atoms with Crippen molar-refractivity contribution in [1.82, 2.24) is 10.2 Å². The average molecular weight is 769 g/mol. The van der Waals surface area contributed by atoms with Crippen LogP contribution in [0.5, 0.6) is 0 Å². The summed E-state index contributed by atoms with van der Waals surface area (Å²) in [5.74, 6) is -1.41. The molecule has 0 aliphatic heterocycles. The van der Waals surface area contributed by atoms with E-state index in [2.05, 4.69) is 5.32 Å². The normalized spacial score (nSPS) is 12.3. The third kappa shape index (κ3) is 9.72. The third-order valence-electron chi connectivity index (χ3n) is 7.92. The van der Waals surface area contributed by atoms with E-state index in [1.807, 2.05) is 6.92 Å². The molecule has 50 heavy (non-hydrogen) atoms. The van der Waals surface area contributed by atoms with Gasteiger partial charge >= 0.3 is 6.18 Å². The molecule has 266 valence electrons. The highest BCUT2D eigenvalue weighted by molar-refractivity contribution is 7.92. The van der Waals surface area contributed by atoms with Crippen molar-refractivity contribution in [2.24, 2.45) is 0 Å². The molecule has 0 saturated carbocycles. The molecule has 0 aromatic heterocycles. The second-order valence-corrected chi connectivity index (χ2v) is 14.6. The number of anilines is 1. The largest absolute Gasteiger partial charge is 0.417 e. The second-order valence-electron chi connectivity index (χ2n) is 11.6. The molecular formula is C36H35Cl3F3N3O4S. The molecule has 4 aromatic carbocycles. The summed E-state index contributed by atoms with van der Waals surface area (Å²) >= 11 is 18.9. The van der Waals surface area contributed by atoms with Crippen molar-refractivity contribution in [3.63, 3.8) is 0 Å². The lowest BCUT2D eigenvalue weighted by molar-refractivity contribution is -0.140. The van der Waals surface area contributed by atoms with Crippen molar-refractivity contribution in [2.75, 3.05) is 17.4 Å². The molecule has 0 bridgehead atoms. The van der Waals surface area contributed by atoms with Gasteiger partial charge in [0.15, 0.2) is 0 Å². The van der Waals surface area contributed by atoms with Crippen LogP contribution in [0.25, 0.3) is 0 Å². The molecule has 4 rings (SSSR count). The average Bonchev–Trinajstić information content (AvgIpc) is 3.06. The first-order valence-corrected chi connectivity index (χ1v) is 18.2. The van der Waals surface area contributed by atoms with Gasteiger partial charge in [-0.15, -0.1) is 0 Å². The van der Waals surface area contributed by atoms with E-state index in [4.69, 9.17) is 34.8 Å². The van der Waals surface area contributed by atoms with Crippen molar-refractivity contribution in [1.29, 1.82) is 0 Å². The molecule has 7 nitrogen and oxygen atoms in total. The highest BCUT2D eigenvalue weighted by atomic mass is 35.5. The number of unbranched alkanes of at least 4 members (excludes halogenated alkanes) is 1. The number of halogens is 6. The van der Waals surface area contributed by atoms with Gasteiger partial charge in [-0.3, -0.25) is 13.9 Å². The predicted octanol–water partition coefficient (Wildman–Crippen LogP) is 8.73. The molecule has 0 fully saturated rings. The van der Waals surface area contributed by atoms with E-state index in [0.717, 1.165) is 24.1 Å². The molecule has 4 aromatic rings. The van der Waals surface area contributed by atoms with E-state index < -0.39 is 56.9 Å². The SMILES string of the molecule is CCCCNC(=O)C(Cc1ccccc1)N(Cc1c(Cl)cccc1Cl)C(=O)CN(c1ccc(Cl)c(C(F)(F)F)c1)S(=O)(=O)c1ccc(C)cc1. The minimum atomic E-state index is -4.93. The zero-order valence-corrected chi connectivity index (χ0v) is 30.3. The Hall–Kier alpha value is -3.77. The van der Waals surface area contributed by atoms with E-state index >= 15 is 0 Å². The van der Waals surface area contributed by atoms with Crippen molar-refractivity contribution in [3.05, 3.63) is 128 Å². The summed E-state index contributed by atoms with van der Waals surface area (Å²) in [5.41, 5.74) is -0.0214. The number of hydrogen-bond donors (Lipinski definition) is 1.